The predicted octanol–water partition coefficient (Wildman–Crippen LogP) is 1.09. The fourth-order valence-electron chi connectivity index (χ4n) is 2.69. The molecule has 3 rings (SSSR count). The second-order valence-corrected chi connectivity index (χ2v) is 5.21. The van der Waals surface area contributed by atoms with E-state index in [0.717, 1.165) is 50.1 Å². The molecule has 1 atom stereocenters. The van der Waals surface area contributed by atoms with Crippen LogP contribution in [0.15, 0.2) is 6.07 Å². The van der Waals surface area contributed by atoms with E-state index >= 15 is 0 Å². The molecule has 1 spiro atoms. The first-order valence-corrected chi connectivity index (χ1v) is 6.46. The summed E-state index contributed by atoms with van der Waals surface area (Å²) in [5.74, 6) is 0.821. The Bertz CT molecular complexity index is 424. The van der Waals surface area contributed by atoms with Gasteiger partial charge in [-0.2, -0.15) is 0 Å². The molecule has 1 aromatic heterocycles. The smallest absolute Gasteiger partial charge is 0.225 e. The molecule has 1 aromatic rings. The first-order valence-electron chi connectivity index (χ1n) is 6.46. The maximum Gasteiger partial charge on any atom is 0.225 e. The van der Waals surface area contributed by atoms with Gasteiger partial charge in [-0.05, 0) is 19.9 Å². The molecule has 3 heterocycles. The van der Waals surface area contributed by atoms with Crippen LogP contribution in [0.25, 0.3) is 0 Å². The summed E-state index contributed by atoms with van der Waals surface area (Å²) >= 11 is 0. The molecular weight excluding hydrogens is 230 g/mol. The molecule has 2 aliphatic heterocycles. The maximum absolute atomic E-state index is 5.92. The van der Waals surface area contributed by atoms with E-state index < -0.39 is 0 Å². The van der Waals surface area contributed by atoms with Crippen molar-refractivity contribution < 1.29 is 9.47 Å². The Morgan fingerprint density at radius 1 is 1.22 bits per heavy atom. The van der Waals surface area contributed by atoms with Gasteiger partial charge in [0, 0.05) is 31.0 Å². The molecule has 0 amide bonds. The zero-order chi connectivity index (χ0) is 12.6. The molecule has 0 bridgehead atoms. The van der Waals surface area contributed by atoms with Crippen molar-refractivity contribution in [1.82, 2.24) is 9.97 Å². The molecule has 2 fully saturated rings. The van der Waals surface area contributed by atoms with Gasteiger partial charge in [0.05, 0.1) is 19.8 Å². The highest BCUT2D eigenvalue weighted by atomic mass is 16.6. The standard InChI is InChI=1S/C13H19N3O2/c1-10-7-11(2)15-12(14-10)16-4-6-18-13(8-16)3-5-17-9-13/h7H,3-6,8-9H2,1-2H3. The predicted molar refractivity (Wildman–Crippen MR) is 67.8 cm³/mol. The van der Waals surface area contributed by atoms with E-state index in [-0.39, 0.29) is 5.60 Å². The third-order valence-electron chi connectivity index (χ3n) is 3.57. The number of anilines is 1. The summed E-state index contributed by atoms with van der Waals surface area (Å²) in [4.78, 5) is 11.3. The van der Waals surface area contributed by atoms with Gasteiger partial charge in [-0.25, -0.2) is 9.97 Å². The average Bonchev–Trinajstić information content (AvgIpc) is 2.76. The number of hydrogen-bond donors (Lipinski definition) is 0. The molecule has 98 valence electrons. The summed E-state index contributed by atoms with van der Waals surface area (Å²) in [5.41, 5.74) is 1.89. The van der Waals surface area contributed by atoms with Crippen molar-refractivity contribution in [1.29, 1.82) is 0 Å². The molecule has 0 radical (unpaired) electrons. The van der Waals surface area contributed by atoms with Gasteiger partial charge in [-0.3, -0.25) is 0 Å². The van der Waals surface area contributed by atoms with Crippen LogP contribution in [-0.2, 0) is 9.47 Å². The minimum absolute atomic E-state index is 0.140. The van der Waals surface area contributed by atoms with Gasteiger partial charge in [0.1, 0.15) is 5.60 Å². The van der Waals surface area contributed by atoms with E-state index in [2.05, 4.69) is 14.9 Å². The van der Waals surface area contributed by atoms with Crippen LogP contribution in [0.1, 0.15) is 17.8 Å². The van der Waals surface area contributed by atoms with E-state index in [1.807, 2.05) is 19.9 Å². The van der Waals surface area contributed by atoms with Crippen LogP contribution in [0, 0.1) is 13.8 Å². The topological polar surface area (TPSA) is 47.5 Å². The largest absolute Gasteiger partial charge is 0.378 e. The molecule has 5 heteroatoms. The van der Waals surface area contributed by atoms with Gasteiger partial charge >= 0.3 is 0 Å². The van der Waals surface area contributed by atoms with Crippen molar-refractivity contribution >= 4 is 5.95 Å². The molecule has 1 unspecified atom stereocenters. The van der Waals surface area contributed by atoms with Crippen molar-refractivity contribution in [3.8, 4) is 0 Å². The highest BCUT2D eigenvalue weighted by molar-refractivity contribution is 5.34. The number of morpholine rings is 1. The summed E-state index contributed by atoms with van der Waals surface area (Å²) in [6.45, 7) is 7.90. The Balaban J connectivity index is 1.83. The van der Waals surface area contributed by atoms with E-state index in [4.69, 9.17) is 9.47 Å². The van der Waals surface area contributed by atoms with Crippen LogP contribution in [0.5, 0.6) is 0 Å². The van der Waals surface area contributed by atoms with Gasteiger partial charge in [0.25, 0.3) is 0 Å². The summed E-state index contributed by atoms with van der Waals surface area (Å²) < 4.78 is 11.4. The van der Waals surface area contributed by atoms with Gasteiger partial charge < -0.3 is 14.4 Å². The average molecular weight is 249 g/mol. The number of aryl methyl sites for hydroxylation is 2. The highest BCUT2D eigenvalue weighted by Gasteiger charge is 2.41. The summed E-state index contributed by atoms with van der Waals surface area (Å²) in [6, 6.07) is 2.00. The first-order chi connectivity index (χ1) is 8.67. The molecular formula is C13H19N3O2. The Labute approximate surface area is 107 Å². The minimum atomic E-state index is -0.140. The minimum Gasteiger partial charge on any atom is -0.378 e. The normalized spacial score (nSPS) is 28.0. The van der Waals surface area contributed by atoms with Crippen molar-refractivity contribution in [2.45, 2.75) is 25.9 Å². The molecule has 5 nitrogen and oxygen atoms in total. The molecule has 2 saturated heterocycles. The van der Waals surface area contributed by atoms with Crippen molar-refractivity contribution in [2.24, 2.45) is 0 Å². The summed E-state index contributed by atoms with van der Waals surface area (Å²) in [7, 11) is 0. The van der Waals surface area contributed by atoms with E-state index in [1.54, 1.807) is 0 Å². The van der Waals surface area contributed by atoms with Gasteiger partial charge in [-0.15, -0.1) is 0 Å². The number of rotatable bonds is 1. The van der Waals surface area contributed by atoms with Crippen molar-refractivity contribution in [3.05, 3.63) is 17.5 Å². The Morgan fingerprint density at radius 3 is 2.67 bits per heavy atom. The Morgan fingerprint density at radius 2 is 2.00 bits per heavy atom. The van der Waals surface area contributed by atoms with Crippen LogP contribution < -0.4 is 4.90 Å². The number of hydrogen-bond acceptors (Lipinski definition) is 5. The van der Waals surface area contributed by atoms with Crippen LogP contribution in [0.4, 0.5) is 5.95 Å². The molecule has 0 aliphatic carbocycles. The van der Waals surface area contributed by atoms with Crippen molar-refractivity contribution in [3.63, 3.8) is 0 Å². The third kappa shape index (κ3) is 2.20. The van der Waals surface area contributed by atoms with E-state index in [9.17, 15) is 0 Å². The highest BCUT2D eigenvalue weighted by Crippen LogP contribution is 2.28. The van der Waals surface area contributed by atoms with Crippen molar-refractivity contribution in [2.75, 3.05) is 37.8 Å². The van der Waals surface area contributed by atoms with E-state index in [1.165, 1.54) is 0 Å². The molecule has 0 N–H and O–H groups in total. The van der Waals surface area contributed by atoms with Crippen LogP contribution in [-0.4, -0.2) is 48.5 Å². The lowest BCUT2D eigenvalue weighted by Crippen LogP contribution is -2.53. The zero-order valence-corrected chi connectivity index (χ0v) is 11.0. The second kappa shape index (κ2) is 4.48. The maximum atomic E-state index is 5.92. The van der Waals surface area contributed by atoms with Crippen LogP contribution >= 0.6 is 0 Å². The lowest BCUT2D eigenvalue weighted by Gasteiger charge is -2.39. The number of ether oxygens (including phenoxy) is 2. The third-order valence-corrected chi connectivity index (χ3v) is 3.57. The molecule has 2 aliphatic rings. The number of nitrogens with zero attached hydrogens (tertiary/aromatic N) is 3. The quantitative estimate of drug-likeness (QED) is 0.745. The fraction of sp³-hybridized carbons (Fsp3) is 0.692. The molecule has 0 saturated carbocycles. The molecule has 0 aromatic carbocycles. The lowest BCUT2D eigenvalue weighted by atomic mass is 10.0. The van der Waals surface area contributed by atoms with Crippen LogP contribution in [0.3, 0.4) is 0 Å². The summed E-state index contributed by atoms with van der Waals surface area (Å²) in [6.07, 6.45) is 0.967. The fourth-order valence-corrected chi connectivity index (χ4v) is 2.69. The van der Waals surface area contributed by atoms with Crippen LogP contribution in [0.2, 0.25) is 0 Å². The Kier molecular flexibility index (Phi) is 2.95. The summed E-state index contributed by atoms with van der Waals surface area (Å²) in [5, 5.41) is 0. The van der Waals surface area contributed by atoms with E-state index in [0.29, 0.717) is 6.61 Å². The monoisotopic (exact) mass is 249 g/mol. The number of aromatic nitrogens is 2. The van der Waals surface area contributed by atoms with Gasteiger partial charge in [0.15, 0.2) is 0 Å². The SMILES string of the molecule is Cc1cc(C)nc(N2CCOC3(CCOC3)C2)n1. The lowest BCUT2D eigenvalue weighted by molar-refractivity contribution is -0.0583. The second-order valence-electron chi connectivity index (χ2n) is 5.21. The van der Waals surface area contributed by atoms with Gasteiger partial charge in [-0.1, -0.05) is 0 Å². The Hall–Kier alpha value is -1.20. The first kappa shape index (κ1) is 11.9. The zero-order valence-electron chi connectivity index (χ0n) is 11.0. The molecule has 18 heavy (non-hydrogen) atoms. The van der Waals surface area contributed by atoms with Gasteiger partial charge in [0.2, 0.25) is 5.95 Å².